The van der Waals surface area contributed by atoms with E-state index in [-0.39, 0.29) is 17.6 Å². The van der Waals surface area contributed by atoms with Crippen LogP contribution in [0.5, 0.6) is 0 Å². The maximum Gasteiger partial charge on any atom is 0.171 e. The Labute approximate surface area is 87.0 Å². The molecular formula is C11H21NO2. The van der Waals surface area contributed by atoms with Gasteiger partial charge in [0.2, 0.25) is 0 Å². The smallest absolute Gasteiger partial charge is 0.171 e. The first kappa shape index (κ1) is 13.4. The van der Waals surface area contributed by atoms with Crippen LogP contribution in [0.2, 0.25) is 0 Å². The van der Waals surface area contributed by atoms with Crippen LogP contribution in [0.3, 0.4) is 0 Å². The molecule has 0 atom stereocenters. The number of nitriles is 1. The van der Waals surface area contributed by atoms with Gasteiger partial charge in [0.25, 0.3) is 0 Å². The first-order chi connectivity index (χ1) is 6.14. The van der Waals surface area contributed by atoms with E-state index in [1.807, 2.05) is 41.5 Å². The van der Waals surface area contributed by atoms with E-state index < -0.39 is 6.29 Å². The van der Waals surface area contributed by atoms with Crippen LogP contribution in [-0.4, -0.2) is 17.5 Å². The van der Waals surface area contributed by atoms with E-state index in [9.17, 15) is 0 Å². The van der Waals surface area contributed by atoms with Crippen LogP contribution in [0.25, 0.3) is 0 Å². The Kier molecular flexibility index (Phi) is 4.57. The highest BCUT2D eigenvalue weighted by atomic mass is 16.7. The van der Waals surface area contributed by atoms with E-state index >= 15 is 0 Å². The van der Waals surface area contributed by atoms with Crippen molar-refractivity contribution in [2.24, 2.45) is 0 Å². The lowest BCUT2D eigenvalue weighted by Crippen LogP contribution is -2.35. The molecule has 0 spiro atoms. The molecule has 0 aliphatic rings. The third kappa shape index (κ3) is 8.03. The average Bonchev–Trinajstić information content (AvgIpc) is 1.78. The van der Waals surface area contributed by atoms with Gasteiger partial charge in [0.1, 0.15) is 0 Å². The first-order valence-electron chi connectivity index (χ1n) is 4.87. The third-order valence-electron chi connectivity index (χ3n) is 1.23. The van der Waals surface area contributed by atoms with Gasteiger partial charge in [-0.1, -0.05) is 0 Å². The zero-order chi connectivity index (χ0) is 11.4. The summed E-state index contributed by atoms with van der Waals surface area (Å²) in [6.45, 7) is 11.7. The Morgan fingerprint density at radius 1 is 1.00 bits per heavy atom. The fraction of sp³-hybridized carbons (Fsp3) is 0.909. The van der Waals surface area contributed by atoms with Crippen LogP contribution < -0.4 is 0 Å². The van der Waals surface area contributed by atoms with Crippen LogP contribution in [0.1, 0.15) is 48.0 Å². The molecule has 0 aromatic rings. The van der Waals surface area contributed by atoms with Crippen molar-refractivity contribution in [3.63, 3.8) is 0 Å². The first-order valence-corrected chi connectivity index (χ1v) is 4.87. The van der Waals surface area contributed by atoms with Crippen molar-refractivity contribution >= 4 is 0 Å². The molecular weight excluding hydrogens is 178 g/mol. The van der Waals surface area contributed by atoms with Crippen LogP contribution in [-0.2, 0) is 9.47 Å². The number of rotatable bonds is 3. The van der Waals surface area contributed by atoms with Gasteiger partial charge in [-0.2, -0.15) is 5.26 Å². The summed E-state index contributed by atoms with van der Waals surface area (Å²) in [6.07, 6.45) is -0.186. The minimum absolute atomic E-state index is 0.258. The summed E-state index contributed by atoms with van der Waals surface area (Å²) in [5.74, 6) is 0. The fourth-order valence-electron chi connectivity index (χ4n) is 0.971. The molecule has 0 amide bonds. The van der Waals surface area contributed by atoms with E-state index in [0.29, 0.717) is 0 Å². The zero-order valence-electron chi connectivity index (χ0n) is 10.0. The van der Waals surface area contributed by atoms with Crippen molar-refractivity contribution in [1.29, 1.82) is 5.26 Å². The molecule has 0 rings (SSSR count). The van der Waals surface area contributed by atoms with Crippen LogP contribution in [0.15, 0.2) is 0 Å². The Balaban J connectivity index is 4.25. The SMILES string of the molecule is CC(C)(C)OC(CC#N)OC(C)(C)C. The van der Waals surface area contributed by atoms with Gasteiger partial charge in [0.05, 0.1) is 23.7 Å². The van der Waals surface area contributed by atoms with E-state index in [4.69, 9.17) is 14.7 Å². The van der Waals surface area contributed by atoms with Crippen LogP contribution >= 0.6 is 0 Å². The van der Waals surface area contributed by atoms with Crippen molar-refractivity contribution in [3.05, 3.63) is 0 Å². The molecule has 3 nitrogen and oxygen atoms in total. The number of ether oxygens (including phenoxy) is 2. The van der Waals surface area contributed by atoms with Crippen LogP contribution in [0.4, 0.5) is 0 Å². The van der Waals surface area contributed by atoms with E-state index in [1.54, 1.807) is 0 Å². The fourth-order valence-corrected chi connectivity index (χ4v) is 0.971. The van der Waals surface area contributed by atoms with Crippen molar-refractivity contribution in [2.45, 2.75) is 65.5 Å². The Hall–Kier alpha value is -0.590. The predicted molar refractivity (Wildman–Crippen MR) is 55.7 cm³/mol. The normalized spacial score (nSPS) is 13.0. The molecule has 0 aromatic carbocycles. The summed E-state index contributed by atoms with van der Waals surface area (Å²) in [7, 11) is 0. The van der Waals surface area contributed by atoms with Crippen LogP contribution in [0, 0.1) is 11.3 Å². The Bertz CT molecular complexity index is 189. The standard InChI is InChI=1S/C11H21NO2/c1-10(2,3)13-9(7-8-12)14-11(4,5)6/h9H,7H2,1-6H3. The van der Waals surface area contributed by atoms with Gasteiger partial charge in [-0.25, -0.2) is 0 Å². The lowest BCUT2D eigenvalue weighted by atomic mass is 10.2. The molecule has 0 radical (unpaired) electrons. The highest BCUT2D eigenvalue weighted by molar-refractivity contribution is 4.75. The second-order valence-electron chi connectivity index (χ2n) is 5.25. The van der Waals surface area contributed by atoms with Gasteiger partial charge in [-0.05, 0) is 41.5 Å². The summed E-state index contributed by atoms with van der Waals surface area (Å²) < 4.78 is 11.2. The highest BCUT2D eigenvalue weighted by Crippen LogP contribution is 2.19. The van der Waals surface area contributed by atoms with Gasteiger partial charge in [-0.15, -0.1) is 0 Å². The Morgan fingerprint density at radius 3 is 1.57 bits per heavy atom. The summed E-state index contributed by atoms with van der Waals surface area (Å²) in [4.78, 5) is 0. The minimum atomic E-state index is -0.444. The lowest BCUT2D eigenvalue weighted by Gasteiger charge is -2.31. The molecule has 0 saturated heterocycles. The summed E-state index contributed by atoms with van der Waals surface area (Å²) in [5, 5.41) is 8.62. The van der Waals surface area contributed by atoms with Gasteiger partial charge >= 0.3 is 0 Å². The van der Waals surface area contributed by atoms with E-state index in [2.05, 4.69) is 6.07 Å². The molecule has 0 aliphatic heterocycles. The summed E-state index contributed by atoms with van der Waals surface area (Å²) in [5.41, 5.74) is -0.570. The van der Waals surface area contributed by atoms with Gasteiger partial charge in [0, 0.05) is 0 Å². The third-order valence-corrected chi connectivity index (χ3v) is 1.23. The molecule has 3 heteroatoms. The minimum Gasteiger partial charge on any atom is -0.346 e. The molecule has 0 saturated carbocycles. The molecule has 0 N–H and O–H groups in total. The number of hydrogen-bond donors (Lipinski definition) is 0. The highest BCUT2D eigenvalue weighted by Gasteiger charge is 2.24. The zero-order valence-corrected chi connectivity index (χ0v) is 10.0. The maximum atomic E-state index is 8.62. The van der Waals surface area contributed by atoms with Gasteiger partial charge in [0.15, 0.2) is 6.29 Å². The van der Waals surface area contributed by atoms with Gasteiger partial charge < -0.3 is 9.47 Å². The van der Waals surface area contributed by atoms with E-state index in [1.165, 1.54) is 0 Å². The topological polar surface area (TPSA) is 42.2 Å². The van der Waals surface area contributed by atoms with Crippen molar-refractivity contribution in [1.82, 2.24) is 0 Å². The van der Waals surface area contributed by atoms with Crippen molar-refractivity contribution in [2.75, 3.05) is 0 Å². The largest absolute Gasteiger partial charge is 0.346 e. The van der Waals surface area contributed by atoms with Crippen molar-refractivity contribution < 1.29 is 9.47 Å². The summed E-state index contributed by atoms with van der Waals surface area (Å²) >= 11 is 0. The molecule has 0 fully saturated rings. The van der Waals surface area contributed by atoms with E-state index in [0.717, 1.165) is 0 Å². The predicted octanol–water partition coefficient (Wildman–Crippen LogP) is 2.86. The molecule has 14 heavy (non-hydrogen) atoms. The molecule has 0 bridgehead atoms. The quantitative estimate of drug-likeness (QED) is 0.656. The molecule has 82 valence electrons. The second-order valence-corrected chi connectivity index (χ2v) is 5.25. The number of hydrogen-bond acceptors (Lipinski definition) is 3. The van der Waals surface area contributed by atoms with Gasteiger partial charge in [-0.3, -0.25) is 0 Å². The second kappa shape index (κ2) is 4.77. The monoisotopic (exact) mass is 199 g/mol. The van der Waals surface area contributed by atoms with Crippen molar-refractivity contribution in [3.8, 4) is 6.07 Å². The molecule has 0 aliphatic carbocycles. The molecule has 0 aromatic heterocycles. The number of nitrogens with zero attached hydrogens (tertiary/aromatic N) is 1. The summed E-state index contributed by atoms with van der Waals surface area (Å²) in [6, 6.07) is 2.06. The lowest BCUT2D eigenvalue weighted by molar-refractivity contribution is -0.230. The maximum absolute atomic E-state index is 8.62. The average molecular weight is 199 g/mol. The molecule has 0 unspecified atom stereocenters. The Morgan fingerprint density at radius 2 is 1.36 bits per heavy atom. The molecule has 0 heterocycles.